The van der Waals surface area contributed by atoms with Crippen molar-refractivity contribution >= 4 is 0 Å². The molecule has 0 amide bonds. The van der Waals surface area contributed by atoms with Crippen LogP contribution in [-0.2, 0) is 0 Å². The molecule has 0 aromatic rings. The van der Waals surface area contributed by atoms with Crippen LogP contribution in [0.2, 0.25) is 0 Å². The summed E-state index contributed by atoms with van der Waals surface area (Å²) in [5.41, 5.74) is 6.57. The molecular formula is C16H32N2. The second-order valence-corrected chi connectivity index (χ2v) is 6.99. The fourth-order valence-corrected chi connectivity index (χ4v) is 3.95. The summed E-state index contributed by atoms with van der Waals surface area (Å²) in [6, 6.07) is 0. The topological polar surface area (TPSA) is 29.3 Å². The molecule has 1 aliphatic carbocycles. The Hall–Kier alpha value is -0.0800. The Labute approximate surface area is 113 Å². The van der Waals surface area contributed by atoms with Crippen LogP contribution in [0.15, 0.2) is 0 Å². The fraction of sp³-hybridized carbons (Fsp3) is 1.00. The highest BCUT2D eigenvalue weighted by Crippen LogP contribution is 2.35. The monoisotopic (exact) mass is 252 g/mol. The molecule has 3 unspecified atom stereocenters. The summed E-state index contributed by atoms with van der Waals surface area (Å²) in [6.45, 7) is 8.27. The van der Waals surface area contributed by atoms with Crippen molar-refractivity contribution in [1.82, 2.24) is 4.90 Å². The highest BCUT2D eigenvalue weighted by atomic mass is 15.2. The zero-order valence-electron chi connectivity index (χ0n) is 12.5. The van der Waals surface area contributed by atoms with Gasteiger partial charge in [0.25, 0.3) is 0 Å². The third kappa shape index (κ3) is 3.27. The molecule has 1 aliphatic heterocycles. The first-order valence-corrected chi connectivity index (χ1v) is 8.11. The molecule has 1 saturated heterocycles. The van der Waals surface area contributed by atoms with E-state index in [0.717, 1.165) is 18.4 Å². The Bertz CT molecular complexity index is 253. The Morgan fingerprint density at radius 1 is 0.944 bits per heavy atom. The molecule has 18 heavy (non-hydrogen) atoms. The van der Waals surface area contributed by atoms with E-state index in [9.17, 15) is 0 Å². The highest BCUT2D eigenvalue weighted by Gasteiger charge is 2.37. The molecular weight excluding hydrogens is 220 g/mol. The van der Waals surface area contributed by atoms with Crippen LogP contribution in [0.25, 0.3) is 0 Å². The van der Waals surface area contributed by atoms with E-state index in [-0.39, 0.29) is 0 Å². The van der Waals surface area contributed by atoms with Crippen LogP contribution in [0.3, 0.4) is 0 Å². The van der Waals surface area contributed by atoms with E-state index < -0.39 is 0 Å². The maximum atomic E-state index is 6.23. The molecule has 1 saturated carbocycles. The lowest BCUT2D eigenvalue weighted by Gasteiger charge is -2.43. The Balaban J connectivity index is 2.05. The van der Waals surface area contributed by atoms with E-state index >= 15 is 0 Å². The molecule has 2 rings (SSSR count). The van der Waals surface area contributed by atoms with Gasteiger partial charge >= 0.3 is 0 Å². The number of nitrogens with zero attached hydrogens (tertiary/aromatic N) is 1. The molecule has 2 N–H and O–H groups in total. The molecule has 0 aromatic carbocycles. The van der Waals surface area contributed by atoms with Crippen LogP contribution in [0.1, 0.15) is 65.2 Å². The lowest BCUT2D eigenvalue weighted by atomic mass is 9.87. The first-order chi connectivity index (χ1) is 8.66. The summed E-state index contributed by atoms with van der Waals surface area (Å²) in [4.78, 5) is 2.77. The van der Waals surface area contributed by atoms with Gasteiger partial charge in [-0.15, -0.1) is 0 Å². The van der Waals surface area contributed by atoms with Crippen molar-refractivity contribution < 1.29 is 0 Å². The largest absolute Gasteiger partial charge is 0.329 e. The van der Waals surface area contributed by atoms with Crippen molar-refractivity contribution in [1.29, 1.82) is 0 Å². The normalized spacial score (nSPS) is 40.2. The van der Waals surface area contributed by atoms with Gasteiger partial charge in [-0.25, -0.2) is 0 Å². The molecule has 3 atom stereocenters. The van der Waals surface area contributed by atoms with Crippen LogP contribution in [-0.4, -0.2) is 30.1 Å². The standard InChI is InChI=1S/C16H32N2/c1-14-5-3-9-16(13-17,10-7-14)18-11-4-6-15(2)8-12-18/h14-15H,3-13,17H2,1-2H3. The Kier molecular flexibility index (Phi) is 5.08. The second-order valence-electron chi connectivity index (χ2n) is 6.99. The van der Waals surface area contributed by atoms with Gasteiger partial charge in [0.2, 0.25) is 0 Å². The molecule has 1 heterocycles. The number of hydrogen-bond donors (Lipinski definition) is 1. The molecule has 0 aromatic heterocycles. The SMILES string of the molecule is CC1CCCN(C2(CN)CCCC(C)CC2)CC1. The zero-order chi connectivity index (χ0) is 13.0. The quantitative estimate of drug-likeness (QED) is 0.763. The predicted molar refractivity (Wildman–Crippen MR) is 78.6 cm³/mol. The van der Waals surface area contributed by atoms with Gasteiger partial charge in [-0.05, 0) is 63.5 Å². The minimum atomic E-state index is 0.342. The van der Waals surface area contributed by atoms with E-state index in [1.54, 1.807) is 0 Å². The lowest BCUT2D eigenvalue weighted by molar-refractivity contribution is 0.0798. The van der Waals surface area contributed by atoms with Gasteiger partial charge in [0, 0.05) is 12.1 Å². The van der Waals surface area contributed by atoms with Crippen LogP contribution < -0.4 is 5.73 Å². The van der Waals surface area contributed by atoms with Gasteiger partial charge in [-0.1, -0.05) is 26.7 Å². The number of rotatable bonds is 2. The number of hydrogen-bond acceptors (Lipinski definition) is 2. The Morgan fingerprint density at radius 3 is 2.44 bits per heavy atom. The van der Waals surface area contributed by atoms with E-state index in [1.807, 2.05) is 0 Å². The number of likely N-dealkylation sites (tertiary alicyclic amines) is 1. The third-order valence-corrected chi connectivity index (χ3v) is 5.51. The summed E-state index contributed by atoms with van der Waals surface area (Å²) >= 11 is 0. The zero-order valence-corrected chi connectivity index (χ0v) is 12.5. The van der Waals surface area contributed by atoms with Gasteiger partial charge in [0.1, 0.15) is 0 Å². The average Bonchev–Trinajstić information content (AvgIpc) is 2.69. The van der Waals surface area contributed by atoms with Gasteiger partial charge < -0.3 is 5.73 Å². The minimum absolute atomic E-state index is 0.342. The van der Waals surface area contributed by atoms with Crippen molar-refractivity contribution in [3.8, 4) is 0 Å². The van der Waals surface area contributed by atoms with Gasteiger partial charge in [-0.3, -0.25) is 4.90 Å². The summed E-state index contributed by atoms with van der Waals surface area (Å²) in [5, 5.41) is 0. The van der Waals surface area contributed by atoms with Crippen LogP contribution in [0, 0.1) is 11.8 Å². The van der Waals surface area contributed by atoms with E-state index in [0.29, 0.717) is 5.54 Å². The van der Waals surface area contributed by atoms with E-state index in [1.165, 1.54) is 64.5 Å². The van der Waals surface area contributed by atoms with Gasteiger partial charge in [-0.2, -0.15) is 0 Å². The summed E-state index contributed by atoms with van der Waals surface area (Å²) in [6.07, 6.45) is 11.0. The van der Waals surface area contributed by atoms with Crippen molar-refractivity contribution in [3.05, 3.63) is 0 Å². The second kappa shape index (κ2) is 6.38. The first-order valence-electron chi connectivity index (χ1n) is 8.11. The molecule has 2 nitrogen and oxygen atoms in total. The number of nitrogens with two attached hydrogens (primary N) is 1. The van der Waals surface area contributed by atoms with Crippen molar-refractivity contribution in [2.24, 2.45) is 17.6 Å². The predicted octanol–water partition coefficient (Wildman–Crippen LogP) is 3.41. The van der Waals surface area contributed by atoms with Crippen molar-refractivity contribution in [3.63, 3.8) is 0 Å². The summed E-state index contributed by atoms with van der Waals surface area (Å²) in [7, 11) is 0. The molecule has 2 aliphatic rings. The van der Waals surface area contributed by atoms with Crippen LogP contribution in [0.5, 0.6) is 0 Å². The fourth-order valence-electron chi connectivity index (χ4n) is 3.95. The van der Waals surface area contributed by atoms with Crippen LogP contribution >= 0.6 is 0 Å². The van der Waals surface area contributed by atoms with E-state index in [2.05, 4.69) is 18.7 Å². The van der Waals surface area contributed by atoms with Crippen molar-refractivity contribution in [2.75, 3.05) is 19.6 Å². The summed E-state index contributed by atoms with van der Waals surface area (Å²) in [5.74, 6) is 1.82. The lowest BCUT2D eigenvalue weighted by Crippen LogP contribution is -2.54. The third-order valence-electron chi connectivity index (χ3n) is 5.51. The van der Waals surface area contributed by atoms with Gasteiger partial charge in [0.15, 0.2) is 0 Å². The molecule has 0 bridgehead atoms. The minimum Gasteiger partial charge on any atom is -0.329 e. The smallest absolute Gasteiger partial charge is 0.0331 e. The van der Waals surface area contributed by atoms with Gasteiger partial charge in [0.05, 0.1) is 0 Å². The van der Waals surface area contributed by atoms with Crippen LogP contribution in [0.4, 0.5) is 0 Å². The molecule has 0 radical (unpaired) electrons. The van der Waals surface area contributed by atoms with Crippen molar-refractivity contribution in [2.45, 2.75) is 70.8 Å². The molecule has 2 heteroatoms. The molecule has 106 valence electrons. The average molecular weight is 252 g/mol. The maximum Gasteiger partial charge on any atom is 0.0331 e. The highest BCUT2D eigenvalue weighted by molar-refractivity contribution is 4.94. The molecule has 0 spiro atoms. The Morgan fingerprint density at radius 2 is 1.67 bits per heavy atom. The first kappa shape index (κ1) is 14.3. The summed E-state index contributed by atoms with van der Waals surface area (Å²) < 4.78 is 0. The maximum absolute atomic E-state index is 6.23. The van der Waals surface area contributed by atoms with E-state index in [4.69, 9.17) is 5.73 Å². The molecule has 2 fully saturated rings.